The molecule has 0 saturated heterocycles. The van der Waals surface area contributed by atoms with Gasteiger partial charge in [-0.2, -0.15) is 0 Å². The molecule has 20 heavy (non-hydrogen) atoms. The molecule has 0 aliphatic rings. The van der Waals surface area contributed by atoms with Crippen molar-refractivity contribution in [1.29, 1.82) is 0 Å². The zero-order chi connectivity index (χ0) is 15.1. The smallest absolute Gasteiger partial charge is 0.373 e. The van der Waals surface area contributed by atoms with Crippen molar-refractivity contribution in [2.24, 2.45) is 0 Å². The molecule has 0 radical (unpaired) electrons. The van der Waals surface area contributed by atoms with E-state index in [9.17, 15) is 19.1 Å². The fourth-order valence-electron chi connectivity index (χ4n) is 1.53. The molecule has 0 saturated carbocycles. The van der Waals surface area contributed by atoms with E-state index in [0.717, 1.165) is 18.7 Å². The number of nitrogens with zero attached hydrogens (tertiary/aromatic N) is 1. The van der Waals surface area contributed by atoms with Gasteiger partial charge in [0.2, 0.25) is 5.76 Å². The second kappa shape index (κ2) is 7.28. The molecule has 0 aliphatic carbocycles. The van der Waals surface area contributed by atoms with Crippen LogP contribution in [0.1, 0.15) is 12.5 Å². The summed E-state index contributed by atoms with van der Waals surface area (Å²) >= 11 is 0. The predicted octanol–water partition coefficient (Wildman–Crippen LogP) is 1.79. The molecule has 6 heteroatoms. The Hall–Kier alpha value is -2.37. The van der Waals surface area contributed by atoms with Gasteiger partial charge in [-0.1, -0.05) is 12.1 Å². The first kappa shape index (κ1) is 15.7. The van der Waals surface area contributed by atoms with Crippen molar-refractivity contribution >= 4 is 11.9 Å². The zero-order valence-electron chi connectivity index (χ0n) is 11.3. The van der Waals surface area contributed by atoms with E-state index in [1.807, 2.05) is 0 Å². The van der Waals surface area contributed by atoms with Gasteiger partial charge in [0.05, 0.1) is 13.2 Å². The average molecular weight is 281 g/mol. The Morgan fingerprint density at radius 3 is 2.45 bits per heavy atom. The van der Waals surface area contributed by atoms with Gasteiger partial charge < -0.3 is 14.7 Å². The molecule has 0 fully saturated rings. The lowest BCUT2D eigenvalue weighted by atomic mass is 10.2. The number of amides is 1. The highest BCUT2D eigenvalue weighted by molar-refractivity contribution is 5.96. The predicted molar refractivity (Wildman–Crippen MR) is 70.2 cm³/mol. The SMILES string of the molecule is CCN(Cc1ccc(F)cc1)C(=O)C=C(O)C(=O)OC. The molecule has 5 nitrogen and oxygen atoms in total. The maximum Gasteiger partial charge on any atom is 0.373 e. The molecule has 1 aromatic rings. The Balaban J connectivity index is 2.78. The van der Waals surface area contributed by atoms with Crippen LogP contribution in [-0.4, -0.2) is 35.5 Å². The Morgan fingerprint density at radius 2 is 1.95 bits per heavy atom. The van der Waals surface area contributed by atoms with Gasteiger partial charge in [-0.05, 0) is 24.6 Å². The first-order chi connectivity index (χ1) is 9.47. The van der Waals surface area contributed by atoms with E-state index >= 15 is 0 Å². The number of ether oxygens (including phenoxy) is 1. The molecule has 0 atom stereocenters. The lowest BCUT2D eigenvalue weighted by Gasteiger charge is -2.19. The number of hydrogen-bond acceptors (Lipinski definition) is 4. The van der Waals surface area contributed by atoms with Crippen LogP contribution in [0.15, 0.2) is 36.1 Å². The Kier molecular flexibility index (Phi) is 5.71. The highest BCUT2D eigenvalue weighted by Gasteiger charge is 2.14. The fourth-order valence-corrected chi connectivity index (χ4v) is 1.53. The number of aliphatic hydroxyl groups is 1. The normalized spacial score (nSPS) is 11.1. The van der Waals surface area contributed by atoms with Crippen LogP contribution in [0.2, 0.25) is 0 Å². The summed E-state index contributed by atoms with van der Waals surface area (Å²) in [6, 6.07) is 5.73. The molecular weight excluding hydrogens is 265 g/mol. The number of aliphatic hydroxyl groups excluding tert-OH is 1. The minimum absolute atomic E-state index is 0.251. The maximum absolute atomic E-state index is 12.8. The van der Waals surface area contributed by atoms with Crippen molar-refractivity contribution in [1.82, 2.24) is 4.90 Å². The number of esters is 1. The summed E-state index contributed by atoms with van der Waals surface area (Å²) in [6.45, 7) is 2.38. The third kappa shape index (κ3) is 4.38. The molecule has 1 rings (SSSR count). The van der Waals surface area contributed by atoms with Crippen LogP contribution in [0.5, 0.6) is 0 Å². The molecule has 1 amide bonds. The molecule has 0 aliphatic heterocycles. The Morgan fingerprint density at radius 1 is 1.35 bits per heavy atom. The molecule has 108 valence electrons. The maximum atomic E-state index is 12.8. The Bertz CT molecular complexity index is 510. The molecule has 0 unspecified atom stereocenters. The fraction of sp³-hybridized carbons (Fsp3) is 0.286. The molecule has 0 heterocycles. The summed E-state index contributed by atoms with van der Waals surface area (Å²) in [5.74, 6) is -2.61. The molecule has 0 spiro atoms. The van der Waals surface area contributed by atoms with E-state index in [2.05, 4.69) is 4.74 Å². The molecule has 0 aromatic heterocycles. The summed E-state index contributed by atoms with van der Waals surface area (Å²) in [5.41, 5.74) is 0.743. The van der Waals surface area contributed by atoms with Crippen LogP contribution < -0.4 is 0 Å². The average Bonchev–Trinajstić information content (AvgIpc) is 2.45. The van der Waals surface area contributed by atoms with Crippen molar-refractivity contribution < 1.29 is 23.8 Å². The third-order valence-corrected chi connectivity index (χ3v) is 2.63. The second-order valence-corrected chi connectivity index (χ2v) is 4.00. The number of carbonyl (C=O) groups excluding carboxylic acids is 2. The van der Waals surface area contributed by atoms with Gasteiger partial charge in [0.1, 0.15) is 5.82 Å². The van der Waals surface area contributed by atoms with Gasteiger partial charge in [-0.25, -0.2) is 9.18 Å². The van der Waals surface area contributed by atoms with Crippen molar-refractivity contribution in [3.05, 3.63) is 47.5 Å². The molecule has 1 aromatic carbocycles. The van der Waals surface area contributed by atoms with Gasteiger partial charge in [0.25, 0.3) is 5.91 Å². The number of benzene rings is 1. The van der Waals surface area contributed by atoms with Crippen LogP contribution in [0.3, 0.4) is 0 Å². The lowest BCUT2D eigenvalue weighted by Crippen LogP contribution is -2.29. The summed E-state index contributed by atoms with van der Waals surface area (Å²) < 4.78 is 17.1. The number of halogens is 1. The standard InChI is InChI=1S/C14H16FNO4/c1-3-16(9-10-4-6-11(15)7-5-10)13(18)8-12(17)14(19)20-2/h4-8,17H,3,9H2,1-2H3. The van der Waals surface area contributed by atoms with Gasteiger partial charge in [-0.15, -0.1) is 0 Å². The number of methoxy groups -OCH3 is 1. The van der Waals surface area contributed by atoms with Crippen molar-refractivity contribution in [3.8, 4) is 0 Å². The van der Waals surface area contributed by atoms with Gasteiger partial charge >= 0.3 is 5.97 Å². The van der Waals surface area contributed by atoms with Crippen molar-refractivity contribution in [3.63, 3.8) is 0 Å². The molecule has 0 bridgehead atoms. The number of hydrogen-bond donors (Lipinski definition) is 1. The minimum Gasteiger partial charge on any atom is -0.502 e. The van der Waals surface area contributed by atoms with E-state index < -0.39 is 17.6 Å². The quantitative estimate of drug-likeness (QED) is 0.507. The van der Waals surface area contributed by atoms with Gasteiger partial charge in [0, 0.05) is 13.1 Å². The minimum atomic E-state index is -0.976. The molecule has 1 N–H and O–H groups in total. The highest BCUT2D eigenvalue weighted by Crippen LogP contribution is 2.08. The topological polar surface area (TPSA) is 66.8 Å². The number of likely N-dealkylation sites (N-methyl/N-ethyl adjacent to an activating group) is 1. The first-order valence-corrected chi connectivity index (χ1v) is 6.00. The summed E-state index contributed by atoms with van der Waals surface area (Å²) in [5, 5.41) is 9.32. The van der Waals surface area contributed by atoms with Crippen LogP contribution in [0.4, 0.5) is 4.39 Å². The van der Waals surface area contributed by atoms with Crippen LogP contribution in [0, 0.1) is 5.82 Å². The third-order valence-electron chi connectivity index (χ3n) is 2.63. The summed E-state index contributed by atoms with van der Waals surface area (Å²) in [7, 11) is 1.10. The van der Waals surface area contributed by atoms with E-state index in [1.54, 1.807) is 19.1 Å². The summed E-state index contributed by atoms with van der Waals surface area (Å²) in [4.78, 5) is 24.3. The second-order valence-electron chi connectivity index (χ2n) is 4.00. The van der Waals surface area contributed by atoms with E-state index in [4.69, 9.17) is 0 Å². The van der Waals surface area contributed by atoms with E-state index in [0.29, 0.717) is 6.54 Å². The summed E-state index contributed by atoms with van der Waals surface area (Å²) in [6.07, 6.45) is 0.804. The highest BCUT2D eigenvalue weighted by atomic mass is 19.1. The number of rotatable bonds is 5. The molecular formula is C14H16FNO4. The van der Waals surface area contributed by atoms with Crippen LogP contribution in [0.25, 0.3) is 0 Å². The van der Waals surface area contributed by atoms with Crippen LogP contribution in [-0.2, 0) is 20.9 Å². The van der Waals surface area contributed by atoms with E-state index in [1.165, 1.54) is 17.0 Å². The first-order valence-electron chi connectivity index (χ1n) is 6.00. The van der Waals surface area contributed by atoms with Crippen LogP contribution >= 0.6 is 0 Å². The largest absolute Gasteiger partial charge is 0.502 e. The van der Waals surface area contributed by atoms with Gasteiger partial charge in [0.15, 0.2) is 0 Å². The van der Waals surface area contributed by atoms with E-state index in [-0.39, 0.29) is 12.4 Å². The Labute approximate surface area is 116 Å². The monoisotopic (exact) mass is 281 g/mol. The van der Waals surface area contributed by atoms with Crippen molar-refractivity contribution in [2.75, 3.05) is 13.7 Å². The number of carbonyl (C=O) groups is 2. The zero-order valence-corrected chi connectivity index (χ0v) is 11.3. The van der Waals surface area contributed by atoms with Crippen molar-refractivity contribution in [2.45, 2.75) is 13.5 Å². The van der Waals surface area contributed by atoms with Gasteiger partial charge in [-0.3, -0.25) is 4.79 Å². The lowest BCUT2D eigenvalue weighted by molar-refractivity contribution is -0.139.